The molecule has 0 aliphatic heterocycles. The lowest BCUT2D eigenvalue weighted by atomic mass is 9.99. The number of benzene rings is 1. The van der Waals surface area contributed by atoms with Gasteiger partial charge in [-0.2, -0.15) is 0 Å². The Kier molecular flexibility index (Phi) is 7.20. The maximum atomic E-state index is 13.9. The van der Waals surface area contributed by atoms with Gasteiger partial charge in [-0.3, -0.25) is 0 Å². The van der Waals surface area contributed by atoms with Crippen LogP contribution >= 0.6 is 27.5 Å². The highest BCUT2D eigenvalue weighted by Crippen LogP contribution is 2.30. The highest BCUT2D eigenvalue weighted by atomic mass is 79.9. The SMILES string of the molecule is CCCCCCC(NC)c1cc(Cl)c(Br)cc1F. The van der Waals surface area contributed by atoms with E-state index in [1.165, 1.54) is 25.3 Å². The van der Waals surface area contributed by atoms with E-state index in [9.17, 15) is 4.39 Å². The molecule has 1 unspecified atom stereocenters. The summed E-state index contributed by atoms with van der Waals surface area (Å²) in [6, 6.07) is 3.18. The van der Waals surface area contributed by atoms with Crippen LogP contribution in [-0.4, -0.2) is 7.05 Å². The van der Waals surface area contributed by atoms with E-state index in [4.69, 9.17) is 11.6 Å². The monoisotopic (exact) mass is 335 g/mol. The standard InChI is InChI=1S/C14H20BrClFN/c1-3-4-5-6-7-14(18-2)10-8-12(16)11(15)9-13(10)17/h8-9,14,18H,3-7H2,1-2H3. The lowest BCUT2D eigenvalue weighted by Gasteiger charge is -2.18. The zero-order valence-corrected chi connectivity index (χ0v) is 13.2. The lowest BCUT2D eigenvalue weighted by molar-refractivity contribution is 0.480. The van der Waals surface area contributed by atoms with Crippen LogP contribution in [0.2, 0.25) is 5.02 Å². The number of rotatable bonds is 7. The van der Waals surface area contributed by atoms with Crippen molar-refractivity contribution in [2.75, 3.05) is 7.05 Å². The molecule has 1 nitrogen and oxygen atoms in total. The largest absolute Gasteiger partial charge is 0.313 e. The number of nitrogens with one attached hydrogen (secondary N) is 1. The molecule has 0 saturated carbocycles. The van der Waals surface area contributed by atoms with Gasteiger partial charge in [0.05, 0.1) is 5.02 Å². The van der Waals surface area contributed by atoms with E-state index in [0.29, 0.717) is 15.1 Å². The number of hydrogen-bond donors (Lipinski definition) is 1. The Morgan fingerprint density at radius 2 is 2.06 bits per heavy atom. The number of halogens is 3. The number of unbranched alkanes of at least 4 members (excludes halogenated alkanes) is 3. The van der Waals surface area contributed by atoms with Crippen LogP contribution in [-0.2, 0) is 0 Å². The zero-order valence-electron chi connectivity index (χ0n) is 10.9. The smallest absolute Gasteiger partial charge is 0.129 e. The van der Waals surface area contributed by atoms with Crippen molar-refractivity contribution >= 4 is 27.5 Å². The van der Waals surface area contributed by atoms with Crippen molar-refractivity contribution < 1.29 is 4.39 Å². The topological polar surface area (TPSA) is 12.0 Å². The third-order valence-corrected chi connectivity index (χ3v) is 4.31. The molecular formula is C14H20BrClFN. The maximum Gasteiger partial charge on any atom is 0.129 e. The quantitative estimate of drug-likeness (QED) is 0.514. The Balaban J connectivity index is 2.72. The Hall–Kier alpha value is -0.120. The van der Waals surface area contributed by atoms with Gasteiger partial charge in [0.1, 0.15) is 5.82 Å². The first-order valence-electron chi connectivity index (χ1n) is 6.41. The molecule has 0 amide bonds. The minimum atomic E-state index is -0.207. The molecule has 4 heteroatoms. The van der Waals surface area contributed by atoms with Crippen molar-refractivity contribution in [2.24, 2.45) is 0 Å². The Morgan fingerprint density at radius 1 is 1.33 bits per heavy atom. The molecule has 0 bridgehead atoms. The van der Waals surface area contributed by atoms with Gasteiger partial charge in [0.15, 0.2) is 0 Å². The van der Waals surface area contributed by atoms with Crippen molar-refractivity contribution in [1.29, 1.82) is 0 Å². The Labute approximate surface area is 122 Å². The van der Waals surface area contributed by atoms with E-state index in [1.54, 1.807) is 6.07 Å². The minimum absolute atomic E-state index is 0.0347. The third-order valence-electron chi connectivity index (χ3n) is 3.11. The van der Waals surface area contributed by atoms with Crippen LogP contribution < -0.4 is 5.32 Å². The fraction of sp³-hybridized carbons (Fsp3) is 0.571. The second-order valence-corrected chi connectivity index (χ2v) is 5.74. The van der Waals surface area contributed by atoms with E-state index in [1.807, 2.05) is 7.05 Å². The first kappa shape index (κ1) is 15.9. The molecule has 18 heavy (non-hydrogen) atoms. The molecule has 1 N–H and O–H groups in total. The summed E-state index contributed by atoms with van der Waals surface area (Å²) in [7, 11) is 1.86. The van der Waals surface area contributed by atoms with Crippen molar-refractivity contribution in [1.82, 2.24) is 5.32 Å². The van der Waals surface area contributed by atoms with Gasteiger partial charge in [-0.1, -0.05) is 44.2 Å². The molecule has 0 radical (unpaired) electrons. The second kappa shape index (κ2) is 8.13. The molecule has 0 aromatic heterocycles. The van der Waals surface area contributed by atoms with E-state index >= 15 is 0 Å². The van der Waals surface area contributed by atoms with Crippen molar-refractivity contribution in [3.8, 4) is 0 Å². The molecular weight excluding hydrogens is 317 g/mol. The summed E-state index contributed by atoms with van der Waals surface area (Å²) in [6.07, 6.45) is 5.68. The van der Waals surface area contributed by atoms with E-state index < -0.39 is 0 Å². The third kappa shape index (κ3) is 4.52. The van der Waals surface area contributed by atoms with Gasteiger partial charge in [0.25, 0.3) is 0 Å². The van der Waals surface area contributed by atoms with Crippen LogP contribution in [0.15, 0.2) is 16.6 Å². The molecule has 1 aromatic rings. The molecule has 1 aromatic carbocycles. The van der Waals surface area contributed by atoms with E-state index in [-0.39, 0.29) is 11.9 Å². The van der Waals surface area contributed by atoms with Gasteiger partial charge in [0, 0.05) is 16.1 Å². The van der Waals surface area contributed by atoms with Crippen LogP contribution in [0, 0.1) is 5.82 Å². The summed E-state index contributed by atoms with van der Waals surface area (Å²) in [5.74, 6) is -0.207. The first-order chi connectivity index (χ1) is 8.60. The average molecular weight is 337 g/mol. The fourth-order valence-corrected chi connectivity index (χ4v) is 2.52. The molecule has 0 fully saturated rings. The van der Waals surface area contributed by atoms with Gasteiger partial charge >= 0.3 is 0 Å². The molecule has 102 valence electrons. The fourth-order valence-electron chi connectivity index (χ4n) is 2.04. The minimum Gasteiger partial charge on any atom is -0.313 e. The predicted molar refractivity (Wildman–Crippen MR) is 79.7 cm³/mol. The summed E-state index contributed by atoms with van der Waals surface area (Å²) < 4.78 is 14.5. The Bertz CT molecular complexity index is 384. The predicted octanol–water partition coefficient (Wildman–Crippen LogP) is 5.47. The van der Waals surface area contributed by atoms with Crippen molar-refractivity contribution in [3.05, 3.63) is 33.0 Å². The maximum absolute atomic E-state index is 13.9. The highest BCUT2D eigenvalue weighted by Gasteiger charge is 2.15. The summed E-state index contributed by atoms with van der Waals surface area (Å²) in [5, 5.41) is 3.72. The van der Waals surface area contributed by atoms with Gasteiger partial charge in [-0.15, -0.1) is 0 Å². The normalized spacial score (nSPS) is 12.7. The van der Waals surface area contributed by atoms with Gasteiger partial charge in [-0.25, -0.2) is 4.39 Å². The number of hydrogen-bond acceptors (Lipinski definition) is 1. The van der Waals surface area contributed by atoms with E-state index in [2.05, 4.69) is 28.2 Å². The molecule has 0 heterocycles. The summed E-state index contributed by atoms with van der Waals surface area (Å²) >= 11 is 9.26. The first-order valence-corrected chi connectivity index (χ1v) is 7.59. The summed E-state index contributed by atoms with van der Waals surface area (Å²) in [5.41, 5.74) is 0.655. The van der Waals surface area contributed by atoms with Gasteiger partial charge in [-0.05, 0) is 41.5 Å². The highest BCUT2D eigenvalue weighted by molar-refractivity contribution is 9.10. The van der Waals surface area contributed by atoms with Crippen LogP contribution in [0.25, 0.3) is 0 Å². The average Bonchev–Trinajstić information content (AvgIpc) is 2.35. The summed E-state index contributed by atoms with van der Waals surface area (Å²) in [6.45, 7) is 2.18. The van der Waals surface area contributed by atoms with E-state index in [0.717, 1.165) is 12.8 Å². The van der Waals surface area contributed by atoms with Crippen molar-refractivity contribution in [2.45, 2.75) is 45.1 Å². The molecule has 1 rings (SSSR count). The van der Waals surface area contributed by atoms with Gasteiger partial charge < -0.3 is 5.32 Å². The van der Waals surface area contributed by atoms with Gasteiger partial charge in [0.2, 0.25) is 0 Å². The molecule has 0 saturated heterocycles. The lowest BCUT2D eigenvalue weighted by Crippen LogP contribution is -2.17. The summed E-state index contributed by atoms with van der Waals surface area (Å²) in [4.78, 5) is 0. The molecule has 0 spiro atoms. The van der Waals surface area contributed by atoms with Crippen LogP contribution in [0.4, 0.5) is 4.39 Å². The van der Waals surface area contributed by atoms with Crippen LogP contribution in [0.3, 0.4) is 0 Å². The molecule has 0 aliphatic carbocycles. The van der Waals surface area contributed by atoms with Crippen LogP contribution in [0.5, 0.6) is 0 Å². The molecule has 0 aliphatic rings. The Morgan fingerprint density at radius 3 is 2.67 bits per heavy atom. The van der Waals surface area contributed by atoms with Crippen LogP contribution in [0.1, 0.15) is 50.6 Å². The van der Waals surface area contributed by atoms with Crippen molar-refractivity contribution in [3.63, 3.8) is 0 Å². The second-order valence-electron chi connectivity index (χ2n) is 4.48. The zero-order chi connectivity index (χ0) is 13.5. The molecule has 1 atom stereocenters.